The molecule has 0 radical (unpaired) electrons. The first-order valence-electron chi connectivity index (χ1n) is 8.20. The van der Waals surface area contributed by atoms with Crippen molar-refractivity contribution in [3.8, 4) is 0 Å². The highest BCUT2D eigenvalue weighted by molar-refractivity contribution is 7.80. The SMILES string of the molecule is CC(C)NC(=S)N(C)CC(=O)Nc1ccc(N2CCOCC2)cc1. The first-order valence-corrected chi connectivity index (χ1v) is 8.61. The molecule has 2 rings (SSSR count). The van der Waals surface area contributed by atoms with Gasteiger partial charge in [0.2, 0.25) is 5.91 Å². The zero-order valence-corrected chi connectivity index (χ0v) is 15.4. The zero-order chi connectivity index (χ0) is 17.5. The average molecular weight is 350 g/mol. The second kappa shape index (κ2) is 8.84. The molecule has 1 saturated heterocycles. The van der Waals surface area contributed by atoms with Crippen LogP contribution in [0.1, 0.15) is 13.8 Å². The third-order valence-electron chi connectivity index (χ3n) is 3.67. The Labute approximate surface area is 149 Å². The van der Waals surface area contributed by atoms with Gasteiger partial charge in [0.15, 0.2) is 5.11 Å². The van der Waals surface area contributed by atoms with E-state index in [1.165, 1.54) is 0 Å². The number of nitrogens with one attached hydrogen (secondary N) is 2. The van der Waals surface area contributed by atoms with E-state index in [4.69, 9.17) is 17.0 Å². The maximum absolute atomic E-state index is 12.1. The van der Waals surface area contributed by atoms with Crippen LogP contribution in [0, 0.1) is 0 Å². The molecule has 1 heterocycles. The first kappa shape index (κ1) is 18.5. The van der Waals surface area contributed by atoms with Crippen molar-refractivity contribution >= 4 is 34.6 Å². The molecule has 0 aromatic heterocycles. The normalized spacial score (nSPS) is 14.4. The summed E-state index contributed by atoms with van der Waals surface area (Å²) in [6.45, 7) is 7.55. The second-order valence-electron chi connectivity index (χ2n) is 6.15. The molecule has 1 aromatic carbocycles. The number of ether oxygens (including phenoxy) is 1. The van der Waals surface area contributed by atoms with E-state index >= 15 is 0 Å². The predicted molar refractivity (Wildman–Crippen MR) is 102 cm³/mol. The van der Waals surface area contributed by atoms with Gasteiger partial charge in [-0.05, 0) is 50.3 Å². The number of carbonyl (C=O) groups excluding carboxylic acids is 1. The molecule has 1 fully saturated rings. The maximum atomic E-state index is 12.1. The van der Waals surface area contributed by atoms with Crippen molar-refractivity contribution in [2.75, 3.05) is 50.1 Å². The van der Waals surface area contributed by atoms with Crippen molar-refractivity contribution < 1.29 is 9.53 Å². The van der Waals surface area contributed by atoms with Crippen LogP contribution >= 0.6 is 12.2 Å². The van der Waals surface area contributed by atoms with Gasteiger partial charge in [-0.3, -0.25) is 4.79 Å². The van der Waals surface area contributed by atoms with E-state index in [9.17, 15) is 4.79 Å². The Morgan fingerprint density at radius 2 is 1.92 bits per heavy atom. The lowest BCUT2D eigenvalue weighted by molar-refractivity contribution is -0.116. The molecule has 1 aliphatic heterocycles. The summed E-state index contributed by atoms with van der Waals surface area (Å²) in [5, 5.41) is 6.59. The van der Waals surface area contributed by atoms with Crippen LogP contribution < -0.4 is 15.5 Å². The third kappa shape index (κ3) is 5.65. The van der Waals surface area contributed by atoms with E-state index in [1.54, 1.807) is 11.9 Å². The van der Waals surface area contributed by atoms with Gasteiger partial charge in [0, 0.05) is 37.6 Å². The fraction of sp³-hybridized carbons (Fsp3) is 0.529. The summed E-state index contributed by atoms with van der Waals surface area (Å²) in [7, 11) is 1.80. The third-order valence-corrected chi connectivity index (χ3v) is 4.10. The van der Waals surface area contributed by atoms with Crippen molar-refractivity contribution in [2.45, 2.75) is 19.9 Å². The predicted octanol–water partition coefficient (Wildman–Crippen LogP) is 1.68. The van der Waals surface area contributed by atoms with Gasteiger partial charge in [-0.25, -0.2) is 0 Å². The highest BCUT2D eigenvalue weighted by Crippen LogP contribution is 2.18. The Morgan fingerprint density at radius 3 is 2.50 bits per heavy atom. The van der Waals surface area contributed by atoms with Gasteiger partial charge in [0.05, 0.1) is 19.8 Å². The number of nitrogens with zero attached hydrogens (tertiary/aromatic N) is 2. The molecule has 2 N–H and O–H groups in total. The van der Waals surface area contributed by atoms with E-state index in [-0.39, 0.29) is 18.5 Å². The smallest absolute Gasteiger partial charge is 0.243 e. The molecular formula is C17H26N4O2S. The molecule has 0 unspecified atom stereocenters. The van der Waals surface area contributed by atoms with Crippen LogP contribution in [0.2, 0.25) is 0 Å². The molecule has 7 heteroatoms. The number of hydrogen-bond acceptors (Lipinski definition) is 4. The minimum atomic E-state index is -0.0930. The van der Waals surface area contributed by atoms with Gasteiger partial charge in [0.1, 0.15) is 0 Å². The van der Waals surface area contributed by atoms with Crippen LogP contribution in [0.5, 0.6) is 0 Å². The molecule has 0 bridgehead atoms. The van der Waals surface area contributed by atoms with Crippen LogP contribution in [0.3, 0.4) is 0 Å². The molecule has 0 saturated carbocycles. The van der Waals surface area contributed by atoms with E-state index < -0.39 is 0 Å². The summed E-state index contributed by atoms with van der Waals surface area (Å²) in [5.74, 6) is -0.0930. The van der Waals surface area contributed by atoms with E-state index in [0.717, 1.165) is 37.7 Å². The van der Waals surface area contributed by atoms with Gasteiger partial charge < -0.3 is 25.2 Å². The summed E-state index contributed by atoms with van der Waals surface area (Å²) in [6, 6.07) is 8.14. The number of anilines is 2. The van der Waals surface area contributed by atoms with Crippen LogP contribution in [0.4, 0.5) is 11.4 Å². The fourth-order valence-electron chi connectivity index (χ4n) is 2.42. The molecular weight excluding hydrogens is 324 g/mol. The zero-order valence-electron chi connectivity index (χ0n) is 14.5. The van der Waals surface area contributed by atoms with Crippen molar-refractivity contribution in [2.24, 2.45) is 0 Å². The van der Waals surface area contributed by atoms with Gasteiger partial charge in [-0.1, -0.05) is 0 Å². The first-order chi connectivity index (χ1) is 11.5. The minimum absolute atomic E-state index is 0.0930. The standard InChI is InChI=1S/C17H26N4O2S/c1-13(2)18-17(24)20(3)12-16(22)19-14-4-6-15(7-5-14)21-8-10-23-11-9-21/h4-7,13H,8-12H2,1-3H3,(H,18,24)(H,19,22). The highest BCUT2D eigenvalue weighted by Gasteiger charge is 2.13. The molecule has 1 aromatic rings. The van der Waals surface area contributed by atoms with Crippen molar-refractivity contribution in [3.05, 3.63) is 24.3 Å². The van der Waals surface area contributed by atoms with Crippen molar-refractivity contribution in [1.82, 2.24) is 10.2 Å². The number of morpholine rings is 1. The fourth-order valence-corrected chi connectivity index (χ4v) is 2.72. The molecule has 1 aliphatic rings. The largest absolute Gasteiger partial charge is 0.378 e. The van der Waals surface area contributed by atoms with Gasteiger partial charge in [-0.2, -0.15) is 0 Å². The number of hydrogen-bond donors (Lipinski definition) is 2. The van der Waals surface area contributed by atoms with Crippen LogP contribution in [0.25, 0.3) is 0 Å². The Bertz CT molecular complexity index is 556. The number of benzene rings is 1. The Kier molecular flexibility index (Phi) is 6.81. The van der Waals surface area contributed by atoms with Crippen LogP contribution in [-0.4, -0.2) is 61.9 Å². The summed E-state index contributed by atoms with van der Waals surface area (Å²) >= 11 is 5.24. The lowest BCUT2D eigenvalue weighted by Crippen LogP contribution is -2.43. The molecule has 0 aliphatic carbocycles. The summed E-state index contributed by atoms with van der Waals surface area (Å²) in [4.78, 5) is 16.1. The lowest BCUT2D eigenvalue weighted by Gasteiger charge is -2.29. The average Bonchev–Trinajstić information content (AvgIpc) is 2.55. The minimum Gasteiger partial charge on any atom is -0.378 e. The summed E-state index contributed by atoms with van der Waals surface area (Å²) in [6.07, 6.45) is 0. The summed E-state index contributed by atoms with van der Waals surface area (Å²) < 4.78 is 5.36. The molecule has 0 spiro atoms. The number of thiocarbonyl (C=S) groups is 1. The molecule has 132 valence electrons. The number of amides is 1. The second-order valence-corrected chi connectivity index (χ2v) is 6.54. The Morgan fingerprint density at radius 1 is 1.29 bits per heavy atom. The van der Waals surface area contributed by atoms with Gasteiger partial charge in [0.25, 0.3) is 0 Å². The summed E-state index contributed by atoms with van der Waals surface area (Å²) in [5.41, 5.74) is 1.93. The molecule has 6 nitrogen and oxygen atoms in total. The van der Waals surface area contributed by atoms with Crippen LogP contribution in [0.15, 0.2) is 24.3 Å². The monoisotopic (exact) mass is 350 g/mol. The number of rotatable bonds is 5. The van der Waals surface area contributed by atoms with Crippen molar-refractivity contribution in [3.63, 3.8) is 0 Å². The maximum Gasteiger partial charge on any atom is 0.243 e. The molecule has 24 heavy (non-hydrogen) atoms. The van der Waals surface area contributed by atoms with Crippen LogP contribution in [-0.2, 0) is 9.53 Å². The van der Waals surface area contributed by atoms with E-state index in [2.05, 4.69) is 15.5 Å². The lowest BCUT2D eigenvalue weighted by atomic mass is 10.2. The number of carbonyl (C=O) groups is 1. The Balaban J connectivity index is 1.84. The highest BCUT2D eigenvalue weighted by atomic mass is 32.1. The van der Waals surface area contributed by atoms with E-state index in [1.807, 2.05) is 38.1 Å². The molecule has 0 atom stereocenters. The topological polar surface area (TPSA) is 56.8 Å². The number of likely N-dealkylation sites (N-methyl/N-ethyl adjacent to an activating group) is 1. The van der Waals surface area contributed by atoms with Gasteiger partial charge in [-0.15, -0.1) is 0 Å². The Hall–Kier alpha value is -1.86. The van der Waals surface area contributed by atoms with Gasteiger partial charge >= 0.3 is 0 Å². The van der Waals surface area contributed by atoms with Crippen molar-refractivity contribution in [1.29, 1.82) is 0 Å². The van der Waals surface area contributed by atoms with E-state index in [0.29, 0.717) is 5.11 Å². The molecule has 1 amide bonds. The quantitative estimate of drug-likeness (QED) is 0.788.